The minimum Gasteiger partial charge on any atom is -0.360 e. The third-order valence-electron chi connectivity index (χ3n) is 4.87. The Morgan fingerprint density at radius 1 is 0.722 bits per heavy atom. The molecule has 1 heterocycles. The number of non-ortho nitro benzene ring substituents is 2. The lowest BCUT2D eigenvalue weighted by atomic mass is 10.1. The quantitative estimate of drug-likeness (QED) is 0.159. The predicted octanol–water partition coefficient (Wildman–Crippen LogP) is 0.759. The lowest BCUT2D eigenvalue weighted by Gasteiger charge is -2.30. The van der Waals surface area contributed by atoms with Crippen molar-refractivity contribution < 1.29 is 19.4 Å². The second kappa shape index (κ2) is 11.8. The molecule has 16 heteroatoms. The molecular weight excluding hydrogens is 512 g/mol. The molecule has 1 fully saturated rings. The Morgan fingerprint density at radius 2 is 1.06 bits per heavy atom. The summed E-state index contributed by atoms with van der Waals surface area (Å²) in [6, 6.07) is 9.47. The summed E-state index contributed by atoms with van der Waals surface area (Å²) >= 11 is 10.3. The van der Waals surface area contributed by atoms with Gasteiger partial charge in [0.2, 0.25) is 11.8 Å². The molecule has 6 N–H and O–H groups in total. The number of nitro groups is 2. The molecule has 0 aliphatic carbocycles. The first-order valence-electron chi connectivity index (χ1n) is 10.3. The molecule has 2 aromatic carbocycles. The molecule has 0 aromatic heterocycles. The Bertz CT molecular complexity index is 1100. The summed E-state index contributed by atoms with van der Waals surface area (Å²) in [5, 5.41) is 38.3. The van der Waals surface area contributed by atoms with Crippen molar-refractivity contribution in [2.75, 3.05) is 23.7 Å². The first kappa shape index (κ1) is 26.2. The fourth-order valence-electron chi connectivity index (χ4n) is 3.04. The monoisotopic (exact) mass is 532 g/mol. The van der Waals surface area contributed by atoms with E-state index in [0.717, 1.165) is 0 Å². The molecule has 14 nitrogen and oxygen atoms in total. The van der Waals surface area contributed by atoms with E-state index >= 15 is 0 Å². The third kappa shape index (κ3) is 7.28. The molecule has 0 saturated carbocycles. The van der Waals surface area contributed by atoms with Crippen LogP contribution in [0.2, 0.25) is 0 Å². The second-order valence-corrected chi connectivity index (χ2v) is 8.22. The first-order valence-corrected chi connectivity index (χ1v) is 11.1. The highest BCUT2D eigenvalue weighted by atomic mass is 32.1. The van der Waals surface area contributed by atoms with E-state index in [1.54, 1.807) is 0 Å². The van der Waals surface area contributed by atoms with Crippen molar-refractivity contribution in [2.24, 2.45) is 0 Å². The molecule has 0 bridgehead atoms. The van der Waals surface area contributed by atoms with Crippen LogP contribution in [0.3, 0.4) is 0 Å². The van der Waals surface area contributed by atoms with Crippen molar-refractivity contribution >= 4 is 69.2 Å². The van der Waals surface area contributed by atoms with Gasteiger partial charge in [-0.05, 0) is 48.7 Å². The molecule has 0 radical (unpaired) electrons. The van der Waals surface area contributed by atoms with Crippen molar-refractivity contribution in [3.05, 3.63) is 68.8 Å². The Hall–Kier alpha value is -4.44. The van der Waals surface area contributed by atoms with Crippen LogP contribution in [0.15, 0.2) is 48.5 Å². The van der Waals surface area contributed by atoms with Crippen LogP contribution in [-0.2, 0) is 9.59 Å². The van der Waals surface area contributed by atoms with Gasteiger partial charge in [-0.15, -0.1) is 0 Å². The molecular formula is C20H20N8O6S2. The van der Waals surface area contributed by atoms with Gasteiger partial charge in [-0.25, -0.2) is 0 Å². The van der Waals surface area contributed by atoms with E-state index in [9.17, 15) is 29.8 Å². The smallest absolute Gasteiger partial charge is 0.269 e. The maximum Gasteiger partial charge on any atom is 0.269 e. The van der Waals surface area contributed by atoms with Gasteiger partial charge in [0.1, 0.15) is 12.1 Å². The lowest BCUT2D eigenvalue weighted by molar-refractivity contribution is -0.385. The SMILES string of the molecule is O=C1NC(CNC(=S)Nc2ccc([N+](=O)[O-])cc2)C(=O)NC1CNC(=S)Nc1ccc([N+](=O)[O-])cc1. The summed E-state index contributed by atoms with van der Waals surface area (Å²) in [7, 11) is 0. The van der Waals surface area contributed by atoms with Crippen LogP contribution in [-0.4, -0.2) is 57.1 Å². The number of piperazine rings is 1. The van der Waals surface area contributed by atoms with Crippen molar-refractivity contribution in [3.63, 3.8) is 0 Å². The van der Waals surface area contributed by atoms with Crippen molar-refractivity contribution in [1.82, 2.24) is 21.3 Å². The molecule has 2 atom stereocenters. The zero-order valence-corrected chi connectivity index (χ0v) is 20.0. The van der Waals surface area contributed by atoms with E-state index in [4.69, 9.17) is 24.4 Å². The van der Waals surface area contributed by atoms with Gasteiger partial charge in [-0.1, -0.05) is 0 Å². The molecule has 3 rings (SSSR count). The predicted molar refractivity (Wildman–Crippen MR) is 139 cm³/mol. The summed E-state index contributed by atoms with van der Waals surface area (Å²) < 4.78 is 0. The fourth-order valence-corrected chi connectivity index (χ4v) is 3.44. The Kier molecular flexibility index (Phi) is 8.58. The van der Waals surface area contributed by atoms with Crippen molar-refractivity contribution in [1.29, 1.82) is 0 Å². The number of nitrogens with one attached hydrogen (secondary N) is 6. The van der Waals surface area contributed by atoms with Gasteiger partial charge >= 0.3 is 0 Å². The molecule has 2 aromatic rings. The number of benzene rings is 2. The number of hydrogen-bond donors (Lipinski definition) is 6. The molecule has 36 heavy (non-hydrogen) atoms. The summed E-state index contributed by atoms with van der Waals surface area (Å²) in [6.45, 7) is 0.0211. The Balaban J connectivity index is 1.41. The average molecular weight is 533 g/mol. The van der Waals surface area contributed by atoms with Crippen LogP contribution in [0.5, 0.6) is 0 Å². The summed E-state index contributed by atoms with van der Waals surface area (Å²) in [6.07, 6.45) is 0. The number of amides is 2. The standard InChI is InChI=1S/C20H20N8O6S2/c29-17-15(9-21-19(35)23-11-1-5-13(6-2-11)27(31)32)25-18(30)16(26-17)10-22-20(36)24-12-3-7-14(8-4-12)28(33)34/h1-8,15-16H,9-10H2,(H,25,30)(H,26,29)(H2,21,23,35)(H2,22,24,36). The normalized spacial score (nSPS) is 16.7. The molecule has 188 valence electrons. The topological polar surface area (TPSA) is 193 Å². The molecule has 2 amide bonds. The number of thiocarbonyl (C=S) groups is 2. The third-order valence-corrected chi connectivity index (χ3v) is 5.36. The molecule has 1 aliphatic rings. The number of rotatable bonds is 8. The van der Waals surface area contributed by atoms with Gasteiger partial charge < -0.3 is 31.9 Å². The Labute approximate surface area is 214 Å². The molecule has 1 saturated heterocycles. The van der Waals surface area contributed by atoms with Gasteiger partial charge in [0.05, 0.1) is 9.85 Å². The van der Waals surface area contributed by atoms with Crippen LogP contribution >= 0.6 is 24.4 Å². The number of carbonyl (C=O) groups is 2. The maximum atomic E-state index is 12.4. The number of nitrogens with zero attached hydrogens (tertiary/aromatic N) is 2. The largest absolute Gasteiger partial charge is 0.360 e. The maximum absolute atomic E-state index is 12.4. The van der Waals surface area contributed by atoms with Crippen LogP contribution < -0.4 is 31.9 Å². The molecule has 1 aliphatic heterocycles. The van der Waals surface area contributed by atoms with Crippen LogP contribution in [0, 0.1) is 20.2 Å². The van der Waals surface area contributed by atoms with E-state index in [1.165, 1.54) is 48.5 Å². The average Bonchev–Trinajstić information content (AvgIpc) is 2.84. The van der Waals surface area contributed by atoms with E-state index < -0.39 is 33.7 Å². The number of nitro benzene ring substituents is 2. The van der Waals surface area contributed by atoms with Crippen molar-refractivity contribution in [3.8, 4) is 0 Å². The van der Waals surface area contributed by atoms with Gasteiger partial charge in [0, 0.05) is 48.7 Å². The van der Waals surface area contributed by atoms with Crippen LogP contribution in [0.25, 0.3) is 0 Å². The van der Waals surface area contributed by atoms with E-state index in [-0.39, 0.29) is 34.7 Å². The minimum absolute atomic E-state index is 0.0106. The van der Waals surface area contributed by atoms with Gasteiger partial charge in [-0.3, -0.25) is 29.8 Å². The number of anilines is 2. The molecule has 0 spiro atoms. The highest BCUT2D eigenvalue weighted by Gasteiger charge is 2.33. The van der Waals surface area contributed by atoms with Crippen LogP contribution in [0.4, 0.5) is 22.7 Å². The van der Waals surface area contributed by atoms with Gasteiger partial charge in [-0.2, -0.15) is 0 Å². The second-order valence-electron chi connectivity index (χ2n) is 7.40. The van der Waals surface area contributed by atoms with Gasteiger partial charge in [0.25, 0.3) is 11.4 Å². The molecule has 2 unspecified atom stereocenters. The fraction of sp³-hybridized carbons (Fsp3) is 0.200. The van der Waals surface area contributed by atoms with Crippen molar-refractivity contribution in [2.45, 2.75) is 12.1 Å². The van der Waals surface area contributed by atoms with Gasteiger partial charge in [0.15, 0.2) is 10.2 Å². The zero-order valence-electron chi connectivity index (χ0n) is 18.3. The Morgan fingerprint density at radius 3 is 1.36 bits per heavy atom. The van der Waals surface area contributed by atoms with E-state index in [2.05, 4.69) is 31.9 Å². The summed E-state index contributed by atoms with van der Waals surface area (Å²) in [5.74, 6) is -0.859. The minimum atomic E-state index is -0.879. The van der Waals surface area contributed by atoms with E-state index in [0.29, 0.717) is 11.4 Å². The highest BCUT2D eigenvalue weighted by molar-refractivity contribution is 7.80. The zero-order chi connectivity index (χ0) is 26.2. The highest BCUT2D eigenvalue weighted by Crippen LogP contribution is 2.16. The lowest BCUT2D eigenvalue weighted by Crippen LogP contribution is -2.66. The van der Waals surface area contributed by atoms with Crippen LogP contribution in [0.1, 0.15) is 0 Å². The number of hydrogen-bond acceptors (Lipinski definition) is 8. The van der Waals surface area contributed by atoms with E-state index in [1.807, 2.05) is 0 Å². The number of carbonyl (C=O) groups excluding carboxylic acids is 2. The first-order chi connectivity index (χ1) is 17.1. The summed E-state index contributed by atoms with van der Waals surface area (Å²) in [4.78, 5) is 45.2. The summed E-state index contributed by atoms with van der Waals surface area (Å²) in [5.41, 5.74) is 0.903.